The summed E-state index contributed by atoms with van der Waals surface area (Å²) in [5.41, 5.74) is 0.705. The van der Waals surface area contributed by atoms with E-state index in [9.17, 15) is 18.3 Å². The predicted molar refractivity (Wildman–Crippen MR) is 88.5 cm³/mol. The van der Waals surface area contributed by atoms with Gasteiger partial charge >= 0.3 is 5.97 Å². The fourth-order valence-corrected chi connectivity index (χ4v) is 7.26. The maximum absolute atomic E-state index is 13.2. The quantitative estimate of drug-likeness (QED) is 0.860. The number of aromatic carboxylic acids is 1. The number of fused-ring (bicyclic) bond motifs is 1. The van der Waals surface area contributed by atoms with Gasteiger partial charge in [-0.25, -0.2) is 13.2 Å². The number of nitrogens with zero attached hydrogens (tertiary/aromatic N) is 1. The number of sulfonamides is 1. The number of carboxylic acid groups (broad SMARTS) is 1. The number of hydrogen-bond acceptors (Lipinski definition) is 5. The minimum atomic E-state index is -3.75. The second-order valence-corrected chi connectivity index (χ2v) is 9.26. The van der Waals surface area contributed by atoms with Gasteiger partial charge in [-0.3, -0.25) is 0 Å². The Hall–Kier alpha value is -0.960. The van der Waals surface area contributed by atoms with Gasteiger partial charge in [0.15, 0.2) is 0 Å². The molecule has 0 radical (unpaired) electrons. The Bertz CT molecular complexity index is 711. The van der Waals surface area contributed by atoms with Crippen LogP contribution in [-0.4, -0.2) is 42.9 Å². The summed E-state index contributed by atoms with van der Waals surface area (Å²) in [6.07, 6.45) is 4.05. The lowest BCUT2D eigenvalue weighted by atomic mass is 10.0. The summed E-state index contributed by atoms with van der Waals surface area (Å²) < 4.78 is 27.9. The molecule has 23 heavy (non-hydrogen) atoms. The maximum atomic E-state index is 13.2. The first-order valence-electron chi connectivity index (χ1n) is 8.07. The highest BCUT2D eigenvalue weighted by molar-refractivity contribution is 7.91. The standard InChI is InChI=1S/C15H22N2O4S2/c1-2-10-5-3-4-8-17(10)23(20,21)15-13(14(18)19)11-6-7-16-9-12(11)22-15/h10,16H,2-9H2,1H3,(H,18,19)/t10-/m1/s1. The molecule has 1 aromatic rings. The largest absolute Gasteiger partial charge is 0.478 e. The van der Waals surface area contributed by atoms with E-state index in [1.165, 1.54) is 4.31 Å². The lowest BCUT2D eigenvalue weighted by Gasteiger charge is -2.33. The number of rotatable bonds is 4. The van der Waals surface area contributed by atoms with Gasteiger partial charge < -0.3 is 10.4 Å². The fraction of sp³-hybridized carbons (Fsp3) is 0.667. The van der Waals surface area contributed by atoms with Gasteiger partial charge in [0.2, 0.25) is 0 Å². The smallest absolute Gasteiger partial charge is 0.338 e. The Morgan fingerprint density at radius 3 is 2.91 bits per heavy atom. The summed E-state index contributed by atoms with van der Waals surface area (Å²) in [4.78, 5) is 12.6. The number of thiophene rings is 1. The summed E-state index contributed by atoms with van der Waals surface area (Å²) in [6, 6.07) is -0.0207. The van der Waals surface area contributed by atoms with Gasteiger partial charge in [-0.2, -0.15) is 4.31 Å². The molecule has 1 aromatic heterocycles. The Morgan fingerprint density at radius 2 is 2.22 bits per heavy atom. The number of carbonyl (C=O) groups is 1. The minimum absolute atomic E-state index is 0.00641. The average Bonchev–Trinajstić information content (AvgIpc) is 2.95. The minimum Gasteiger partial charge on any atom is -0.478 e. The second-order valence-electron chi connectivity index (χ2n) is 6.07. The van der Waals surface area contributed by atoms with Crippen molar-refractivity contribution in [1.29, 1.82) is 0 Å². The van der Waals surface area contributed by atoms with Gasteiger partial charge in [0.25, 0.3) is 10.0 Å². The lowest BCUT2D eigenvalue weighted by Crippen LogP contribution is -2.43. The SMILES string of the molecule is CC[C@@H]1CCCCN1S(=O)(=O)c1sc2c(c1C(=O)O)CCNC2. The highest BCUT2D eigenvalue weighted by Crippen LogP contribution is 2.38. The van der Waals surface area contributed by atoms with Crippen molar-refractivity contribution < 1.29 is 18.3 Å². The molecule has 0 amide bonds. The molecule has 1 fully saturated rings. The van der Waals surface area contributed by atoms with E-state index in [-0.39, 0.29) is 15.8 Å². The number of carboxylic acids is 1. The van der Waals surface area contributed by atoms with Crippen LogP contribution in [0.15, 0.2) is 4.21 Å². The van der Waals surface area contributed by atoms with Crippen LogP contribution in [0.2, 0.25) is 0 Å². The molecule has 2 N–H and O–H groups in total. The van der Waals surface area contributed by atoms with Gasteiger partial charge in [0.05, 0.1) is 5.56 Å². The zero-order chi connectivity index (χ0) is 16.6. The predicted octanol–water partition coefficient (Wildman–Crippen LogP) is 2.05. The first-order chi connectivity index (χ1) is 11.0. The van der Waals surface area contributed by atoms with Crippen LogP contribution in [-0.2, 0) is 23.0 Å². The number of nitrogens with one attached hydrogen (secondary N) is 1. The lowest BCUT2D eigenvalue weighted by molar-refractivity contribution is 0.0692. The van der Waals surface area contributed by atoms with E-state index in [4.69, 9.17) is 0 Å². The topological polar surface area (TPSA) is 86.7 Å². The van der Waals surface area contributed by atoms with Crippen LogP contribution in [0.3, 0.4) is 0 Å². The van der Waals surface area contributed by atoms with Gasteiger partial charge in [0.1, 0.15) is 4.21 Å². The highest BCUT2D eigenvalue weighted by Gasteiger charge is 2.38. The summed E-state index contributed by atoms with van der Waals surface area (Å²) in [5.74, 6) is -1.13. The van der Waals surface area contributed by atoms with Crippen LogP contribution in [0.4, 0.5) is 0 Å². The van der Waals surface area contributed by atoms with Crippen LogP contribution >= 0.6 is 11.3 Å². The zero-order valence-electron chi connectivity index (χ0n) is 13.2. The van der Waals surface area contributed by atoms with Crippen molar-refractivity contribution in [2.24, 2.45) is 0 Å². The van der Waals surface area contributed by atoms with Crippen LogP contribution in [0.5, 0.6) is 0 Å². The Labute approximate surface area is 140 Å². The van der Waals surface area contributed by atoms with E-state index in [0.29, 0.717) is 31.6 Å². The van der Waals surface area contributed by atoms with E-state index < -0.39 is 16.0 Å². The van der Waals surface area contributed by atoms with Gasteiger partial charge in [-0.05, 0) is 37.8 Å². The average molecular weight is 358 g/mol. The van der Waals surface area contributed by atoms with Crippen LogP contribution in [0.25, 0.3) is 0 Å². The van der Waals surface area contributed by atoms with Crippen molar-refractivity contribution in [1.82, 2.24) is 9.62 Å². The summed E-state index contributed by atoms with van der Waals surface area (Å²) >= 11 is 1.13. The molecule has 0 unspecified atom stereocenters. The van der Waals surface area contributed by atoms with Gasteiger partial charge in [-0.15, -0.1) is 11.3 Å². The molecule has 0 aliphatic carbocycles. The molecule has 1 atom stereocenters. The molecule has 0 bridgehead atoms. The third-order valence-corrected chi connectivity index (χ3v) is 8.38. The Morgan fingerprint density at radius 1 is 1.43 bits per heavy atom. The van der Waals surface area contributed by atoms with Crippen molar-refractivity contribution in [3.05, 3.63) is 16.0 Å². The molecular formula is C15H22N2O4S2. The second kappa shape index (κ2) is 6.51. The van der Waals surface area contributed by atoms with E-state index >= 15 is 0 Å². The summed E-state index contributed by atoms with van der Waals surface area (Å²) in [6.45, 7) is 3.71. The molecule has 0 spiro atoms. The van der Waals surface area contributed by atoms with Crippen molar-refractivity contribution in [3.63, 3.8) is 0 Å². The molecule has 2 aliphatic rings. The zero-order valence-corrected chi connectivity index (χ0v) is 14.8. The van der Waals surface area contributed by atoms with Crippen molar-refractivity contribution >= 4 is 27.3 Å². The normalized spacial score (nSPS) is 22.7. The summed E-state index contributed by atoms with van der Waals surface area (Å²) in [7, 11) is -3.75. The van der Waals surface area contributed by atoms with Crippen molar-refractivity contribution in [2.45, 2.75) is 55.8 Å². The first kappa shape index (κ1) is 16.9. The fourth-order valence-electron chi connectivity index (χ4n) is 3.51. The highest BCUT2D eigenvalue weighted by atomic mass is 32.2. The van der Waals surface area contributed by atoms with E-state index in [0.717, 1.165) is 41.9 Å². The third-order valence-electron chi connectivity index (χ3n) is 4.70. The Balaban J connectivity index is 2.09. The van der Waals surface area contributed by atoms with E-state index in [1.54, 1.807) is 0 Å². The molecule has 0 saturated carbocycles. The molecule has 6 nitrogen and oxygen atoms in total. The van der Waals surface area contributed by atoms with Crippen LogP contribution < -0.4 is 5.32 Å². The number of piperidine rings is 1. The van der Waals surface area contributed by atoms with Gasteiger partial charge in [0, 0.05) is 24.0 Å². The summed E-state index contributed by atoms with van der Waals surface area (Å²) in [5, 5.41) is 12.8. The first-order valence-corrected chi connectivity index (χ1v) is 10.3. The molecule has 3 heterocycles. The molecule has 0 aromatic carbocycles. The van der Waals surface area contributed by atoms with E-state index in [1.807, 2.05) is 6.92 Å². The molecule has 1 saturated heterocycles. The van der Waals surface area contributed by atoms with Crippen LogP contribution in [0, 0.1) is 0 Å². The third kappa shape index (κ3) is 2.93. The van der Waals surface area contributed by atoms with Crippen molar-refractivity contribution in [2.75, 3.05) is 13.1 Å². The van der Waals surface area contributed by atoms with E-state index in [2.05, 4.69) is 5.32 Å². The van der Waals surface area contributed by atoms with Crippen molar-refractivity contribution in [3.8, 4) is 0 Å². The maximum Gasteiger partial charge on any atom is 0.338 e. The number of hydrogen-bond donors (Lipinski definition) is 2. The molecular weight excluding hydrogens is 336 g/mol. The Kier molecular flexibility index (Phi) is 4.78. The molecule has 8 heteroatoms. The molecule has 2 aliphatic heterocycles. The monoisotopic (exact) mass is 358 g/mol. The molecule has 3 rings (SSSR count). The van der Waals surface area contributed by atoms with Crippen LogP contribution in [0.1, 0.15) is 53.4 Å². The molecule has 128 valence electrons. The van der Waals surface area contributed by atoms with Gasteiger partial charge in [-0.1, -0.05) is 13.3 Å².